The largest absolute Gasteiger partial charge is 0.460 e. The Kier molecular flexibility index (Phi) is 2.66. The van der Waals surface area contributed by atoms with Crippen LogP contribution >= 0.6 is 0 Å². The highest BCUT2D eigenvalue weighted by molar-refractivity contribution is 5.76. The summed E-state index contributed by atoms with van der Waals surface area (Å²) in [4.78, 5) is 11.5. The van der Waals surface area contributed by atoms with Crippen LogP contribution in [0.3, 0.4) is 0 Å². The number of carbonyl (C=O) groups excluding carboxylic acids is 1. The second kappa shape index (κ2) is 3.29. The van der Waals surface area contributed by atoms with Crippen molar-refractivity contribution < 1.29 is 9.53 Å². The van der Waals surface area contributed by atoms with E-state index in [1.807, 2.05) is 27.7 Å². The summed E-state index contributed by atoms with van der Waals surface area (Å²) >= 11 is 0. The highest BCUT2D eigenvalue weighted by Gasteiger charge is 2.47. The molecule has 0 amide bonds. The maximum atomic E-state index is 11.5. The fraction of sp³-hybridized carbons (Fsp3) is 0.900. The Balaban J connectivity index is 2.36. The minimum Gasteiger partial charge on any atom is -0.460 e. The molecule has 0 saturated heterocycles. The van der Waals surface area contributed by atoms with Gasteiger partial charge in [0.15, 0.2) is 0 Å². The van der Waals surface area contributed by atoms with E-state index in [1.54, 1.807) is 0 Å². The first-order valence-electron chi connectivity index (χ1n) is 4.79. The smallest absolute Gasteiger partial charge is 0.309 e. The van der Waals surface area contributed by atoms with E-state index in [0.29, 0.717) is 5.92 Å². The standard InChI is InChI=1S/C10H19NO2/c1-6(11)7-5-8(7)9(12)13-10(2,3)4/h6-8H,5,11H2,1-4H3/t6?,7-,8+/m0/s1. The summed E-state index contributed by atoms with van der Waals surface area (Å²) in [6, 6.07) is 0.109. The fourth-order valence-corrected chi connectivity index (χ4v) is 1.44. The van der Waals surface area contributed by atoms with Crippen LogP contribution in [0, 0.1) is 11.8 Å². The number of carbonyl (C=O) groups is 1. The Morgan fingerprint density at radius 3 is 2.38 bits per heavy atom. The average molecular weight is 185 g/mol. The maximum absolute atomic E-state index is 11.5. The Morgan fingerprint density at radius 2 is 2.08 bits per heavy atom. The minimum atomic E-state index is -0.373. The molecule has 0 aromatic carbocycles. The van der Waals surface area contributed by atoms with Crippen LogP contribution in [-0.4, -0.2) is 17.6 Å². The third-order valence-corrected chi connectivity index (χ3v) is 2.22. The summed E-state index contributed by atoms with van der Waals surface area (Å²) in [7, 11) is 0. The summed E-state index contributed by atoms with van der Waals surface area (Å²) in [5.74, 6) is 0.309. The fourth-order valence-electron chi connectivity index (χ4n) is 1.44. The van der Waals surface area contributed by atoms with E-state index in [9.17, 15) is 4.79 Å². The van der Waals surface area contributed by atoms with E-state index < -0.39 is 0 Å². The van der Waals surface area contributed by atoms with Gasteiger partial charge in [-0.15, -0.1) is 0 Å². The van der Waals surface area contributed by atoms with Gasteiger partial charge < -0.3 is 10.5 Å². The second-order valence-corrected chi connectivity index (χ2v) is 4.90. The van der Waals surface area contributed by atoms with Gasteiger partial charge in [0.1, 0.15) is 5.60 Å². The zero-order valence-corrected chi connectivity index (χ0v) is 8.83. The number of rotatable bonds is 2. The molecule has 3 heteroatoms. The molecule has 1 aliphatic rings. The molecular weight excluding hydrogens is 166 g/mol. The van der Waals surface area contributed by atoms with Crippen molar-refractivity contribution in [2.75, 3.05) is 0 Å². The number of nitrogens with two attached hydrogens (primary N) is 1. The summed E-state index contributed by atoms with van der Waals surface area (Å²) < 4.78 is 5.25. The van der Waals surface area contributed by atoms with Gasteiger partial charge in [-0.05, 0) is 40.0 Å². The molecule has 0 aromatic rings. The van der Waals surface area contributed by atoms with Crippen LogP contribution in [0.1, 0.15) is 34.1 Å². The van der Waals surface area contributed by atoms with Crippen molar-refractivity contribution in [2.24, 2.45) is 17.6 Å². The number of ether oxygens (including phenoxy) is 1. The molecule has 0 aliphatic heterocycles. The number of hydrogen-bond donors (Lipinski definition) is 1. The Labute approximate surface area is 79.6 Å². The molecule has 0 bridgehead atoms. The molecule has 3 nitrogen and oxygen atoms in total. The van der Waals surface area contributed by atoms with Gasteiger partial charge in [-0.2, -0.15) is 0 Å². The molecule has 3 atom stereocenters. The van der Waals surface area contributed by atoms with Crippen LogP contribution in [-0.2, 0) is 9.53 Å². The van der Waals surface area contributed by atoms with Gasteiger partial charge in [-0.3, -0.25) is 4.79 Å². The highest BCUT2D eigenvalue weighted by atomic mass is 16.6. The topological polar surface area (TPSA) is 52.3 Å². The molecule has 1 rings (SSSR count). The second-order valence-electron chi connectivity index (χ2n) is 4.90. The van der Waals surface area contributed by atoms with Crippen molar-refractivity contribution in [1.82, 2.24) is 0 Å². The van der Waals surface area contributed by atoms with Gasteiger partial charge in [-0.25, -0.2) is 0 Å². The third-order valence-electron chi connectivity index (χ3n) is 2.22. The predicted molar refractivity (Wildman–Crippen MR) is 51.1 cm³/mol. The van der Waals surface area contributed by atoms with Crippen LogP contribution in [0.2, 0.25) is 0 Å². The van der Waals surface area contributed by atoms with Gasteiger partial charge >= 0.3 is 5.97 Å². The normalized spacial score (nSPS) is 29.6. The molecule has 0 heterocycles. The Hall–Kier alpha value is -0.570. The first-order valence-corrected chi connectivity index (χ1v) is 4.79. The molecule has 0 spiro atoms. The highest BCUT2D eigenvalue weighted by Crippen LogP contribution is 2.41. The Bertz CT molecular complexity index is 205. The lowest BCUT2D eigenvalue weighted by Gasteiger charge is -2.19. The summed E-state index contributed by atoms with van der Waals surface area (Å²) in [6.07, 6.45) is 0.895. The van der Waals surface area contributed by atoms with Crippen molar-refractivity contribution >= 4 is 5.97 Å². The van der Waals surface area contributed by atoms with Gasteiger partial charge in [0, 0.05) is 6.04 Å². The molecule has 2 N–H and O–H groups in total. The zero-order valence-electron chi connectivity index (χ0n) is 8.83. The lowest BCUT2D eigenvalue weighted by atomic mass is 10.1. The molecule has 0 radical (unpaired) electrons. The van der Waals surface area contributed by atoms with E-state index in [0.717, 1.165) is 6.42 Å². The monoisotopic (exact) mass is 185 g/mol. The number of esters is 1. The summed E-state index contributed by atoms with van der Waals surface area (Å²) in [5.41, 5.74) is 5.31. The van der Waals surface area contributed by atoms with Crippen LogP contribution in [0.25, 0.3) is 0 Å². The summed E-state index contributed by atoms with van der Waals surface area (Å²) in [6.45, 7) is 7.59. The zero-order chi connectivity index (χ0) is 10.2. The van der Waals surface area contributed by atoms with E-state index in [-0.39, 0.29) is 23.5 Å². The first-order chi connectivity index (χ1) is 5.81. The van der Waals surface area contributed by atoms with E-state index in [4.69, 9.17) is 10.5 Å². The van der Waals surface area contributed by atoms with Crippen molar-refractivity contribution in [3.05, 3.63) is 0 Å². The van der Waals surface area contributed by atoms with Crippen molar-refractivity contribution in [3.63, 3.8) is 0 Å². The van der Waals surface area contributed by atoms with Crippen molar-refractivity contribution in [3.8, 4) is 0 Å². The van der Waals surface area contributed by atoms with Crippen LogP contribution in [0.4, 0.5) is 0 Å². The quantitative estimate of drug-likeness (QED) is 0.660. The van der Waals surface area contributed by atoms with Crippen LogP contribution in [0.15, 0.2) is 0 Å². The van der Waals surface area contributed by atoms with Gasteiger partial charge in [0.2, 0.25) is 0 Å². The molecule has 1 fully saturated rings. The third kappa shape index (κ3) is 2.99. The van der Waals surface area contributed by atoms with Crippen molar-refractivity contribution in [2.45, 2.75) is 45.8 Å². The molecule has 76 valence electrons. The van der Waals surface area contributed by atoms with Crippen LogP contribution in [0.5, 0.6) is 0 Å². The first kappa shape index (κ1) is 10.5. The van der Waals surface area contributed by atoms with Gasteiger partial charge in [0.05, 0.1) is 5.92 Å². The molecule has 1 unspecified atom stereocenters. The molecule has 13 heavy (non-hydrogen) atoms. The lowest BCUT2D eigenvalue weighted by molar-refractivity contribution is -0.156. The Morgan fingerprint density at radius 1 is 1.54 bits per heavy atom. The van der Waals surface area contributed by atoms with E-state index >= 15 is 0 Å². The van der Waals surface area contributed by atoms with E-state index in [1.165, 1.54) is 0 Å². The molecular formula is C10H19NO2. The molecule has 0 aromatic heterocycles. The average Bonchev–Trinajstić information content (AvgIpc) is 2.58. The maximum Gasteiger partial charge on any atom is 0.309 e. The van der Waals surface area contributed by atoms with Crippen LogP contribution < -0.4 is 5.73 Å². The predicted octanol–water partition coefficient (Wildman–Crippen LogP) is 1.31. The molecule has 1 aliphatic carbocycles. The minimum absolute atomic E-state index is 0.0548. The SMILES string of the molecule is CC(N)[C@@H]1C[C@H]1C(=O)OC(C)(C)C. The molecule has 1 saturated carbocycles. The van der Waals surface area contributed by atoms with Crippen molar-refractivity contribution in [1.29, 1.82) is 0 Å². The van der Waals surface area contributed by atoms with E-state index in [2.05, 4.69) is 0 Å². The number of hydrogen-bond acceptors (Lipinski definition) is 3. The van der Waals surface area contributed by atoms with Gasteiger partial charge in [0.25, 0.3) is 0 Å². The summed E-state index contributed by atoms with van der Waals surface area (Å²) in [5, 5.41) is 0. The lowest BCUT2D eigenvalue weighted by Crippen LogP contribution is -2.27. The van der Waals surface area contributed by atoms with Gasteiger partial charge in [-0.1, -0.05) is 0 Å².